The maximum absolute atomic E-state index is 10.8. The second kappa shape index (κ2) is 4.69. The van der Waals surface area contributed by atoms with Crippen LogP contribution in [0.5, 0.6) is 0 Å². The quantitative estimate of drug-likeness (QED) is 0.688. The normalized spacial score (nSPS) is 10.4. The van der Waals surface area contributed by atoms with Crippen molar-refractivity contribution >= 4 is 23.3 Å². The van der Waals surface area contributed by atoms with Crippen LogP contribution < -0.4 is 0 Å². The predicted molar refractivity (Wildman–Crippen MR) is 66.9 cm³/mol. The summed E-state index contributed by atoms with van der Waals surface area (Å²) in [7, 11) is 0. The van der Waals surface area contributed by atoms with E-state index in [9.17, 15) is 14.9 Å². The van der Waals surface area contributed by atoms with Gasteiger partial charge in [0, 0.05) is 11.8 Å². The molecule has 0 fully saturated rings. The minimum atomic E-state index is -1.14. The first-order chi connectivity index (χ1) is 8.90. The van der Waals surface area contributed by atoms with Crippen molar-refractivity contribution in [3.63, 3.8) is 0 Å². The molecule has 7 nitrogen and oxygen atoms in total. The highest BCUT2D eigenvalue weighted by molar-refractivity contribution is 6.32. The first-order valence-electron chi connectivity index (χ1n) is 5.14. The molecule has 1 heterocycles. The molecule has 0 saturated carbocycles. The Balaban J connectivity index is 2.51. The van der Waals surface area contributed by atoms with Crippen molar-refractivity contribution in [3.05, 3.63) is 50.8 Å². The van der Waals surface area contributed by atoms with Gasteiger partial charge in [-0.3, -0.25) is 10.1 Å². The van der Waals surface area contributed by atoms with Crippen LogP contribution in [0.3, 0.4) is 0 Å². The minimum absolute atomic E-state index is 0.0331. The van der Waals surface area contributed by atoms with E-state index in [2.05, 4.69) is 5.10 Å². The van der Waals surface area contributed by atoms with Gasteiger partial charge in [-0.25, -0.2) is 9.48 Å². The van der Waals surface area contributed by atoms with Gasteiger partial charge in [0.25, 0.3) is 5.69 Å². The third kappa shape index (κ3) is 2.41. The second-order valence-corrected chi connectivity index (χ2v) is 4.19. The van der Waals surface area contributed by atoms with Crippen LogP contribution in [0.2, 0.25) is 5.02 Å². The van der Waals surface area contributed by atoms with E-state index in [-0.39, 0.29) is 16.4 Å². The summed E-state index contributed by atoms with van der Waals surface area (Å²) in [4.78, 5) is 20.9. The van der Waals surface area contributed by atoms with E-state index in [1.807, 2.05) is 0 Å². The van der Waals surface area contributed by atoms with Crippen molar-refractivity contribution in [2.45, 2.75) is 6.92 Å². The van der Waals surface area contributed by atoms with Crippen LogP contribution in [0, 0.1) is 17.0 Å². The SMILES string of the molecule is Cc1cc(C(=O)O)nn1-c1ccc([N+](=O)[O-])c(Cl)c1. The standard InChI is InChI=1S/C11H8ClN3O4/c1-6-4-9(11(16)17)13-14(6)7-2-3-10(15(18)19)8(12)5-7/h2-5H,1H3,(H,16,17). The molecule has 2 rings (SSSR count). The molecule has 0 saturated heterocycles. The molecule has 19 heavy (non-hydrogen) atoms. The number of hydrogen-bond donors (Lipinski definition) is 1. The van der Waals surface area contributed by atoms with E-state index in [0.717, 1.165) is 0 Å². The summed E-state index contributed by atoms with van der Waals surface area (Å²) in [5.74, 6) is -1.14. The largest absolute Gasteiger partial charge is 0.476 e. The lowest BCUT2D eigenvalue weighted by molar-refractivity contribution is -0.384. The molecule has 0 radical (unpaired) electrons. The average Bonchev–Trinajstić information content (AvgIpc) is 2.71. The first-order valence-corrected chi connectivity index (χ1v) is 5.52. The van der Waals surface area contributed by atoms with Gasteiger partial charge in [0.1, 0.15) is 5.02 Å². The fraction of sp³-hybridized carbons (Fsp3) is 0.0909. The van der Waals surface area contributed by atoms with Crippen molar-refractivity contribution < 1.29 is 14.8 Å². The van der Waals surface area contributed by atoms with Crippen LogP contribution in [0.1, 0.15) is 16.2 Å². The third-order valence-electron chi connectivity index (χ3n) is 2.48. The number of hydrogen-bond acceptors (Lipinski definition) is 4. The lowest BCUT2D eigenvalue weighted by Crippen LogP contribution is -2.02. The van der Waals surface area contributed by atoms with Crippen molar-refractivity contribution in [3.8, 4) is 5.69 Å². The molecule has 0 amide bonds. The molecule has 2 aromatic rings. The molecule has 0 aliphatic rings. The lowest BCUT2D eigenvalue weighted by atomic mass is 10.3. The van der Waals surface area contributed by atoms with E-state index < -0.39 is 10.9 Å². The molecule has 0 spiro atoms. The highest BCUT2D eigenvalue weighted by atomic mass is 35.5. The van der Waals surface area contributed by atoms with Crippen molar-refractivity contribution in [2.75, 3.05) is 0 Å². The van der Waals surface area contributed by atoms with Crippen LogP contribution in [0.25, 0.3) is 5.69 Å². The van der Waals surface area contributed by atoms with Gasteiger partial charge >= 0.3 is 5.97 Å². The average molecular weight is 282 g/mol. The number of carboxylic acids is 1. The van der Waals surface area contributed by atoms with Crippen LogP contribution in [0.4, 0.5) is 5.69 Å². The fourth-order valence-corrected chi connectivity index (χ4v) is 1.86. The topological polar surface area (TPSA) is 98.3 Å². The van der Waals surface area contributed by atoms with Gasteiger partial charge in [-0.05, 0) is 25.1 Å². The number of carbonyl (C=O) groups is 1. The number of halogens is 1. The van der Waals surface area contributed by atoms with Gasteiger partial charge in [-0.2, -0.15) is 5.10 Å². The summed E-state index contributed by atoms with van der Waals surface area (Å²) < 4.78 is 1.36. The maximum atomic E-state index is 10.8. The Kier molecular flexibility index (Phi) is 3.22. The first kappa shape index (κ1) is 13.0. The summed E-state index contributed by atoms with van der Waals surface area (Å²) in [5.41, 5.74) is 0.726. The Labute approximate surface area is 112 Å². The number of nitro benzene ring substituents is 1. The molecule has 1 aromatic carbocycles. The minimum Gasteiger partial charge on any atom is -0.476 e. The number of carboxylic acid groups (broad SMARTS) is 1. The zero-order valence-corrected chi connectivity index (χ0v) is 10.5. The van der Waals surface area contributed by atoms with E-state index in [0.29, 0.717) is 11.4 Å². The van der Waals surface area contributed by atoms with E-state index in [1.165, 1.54) is 28.9 Å². The second-order valence-electron chi connectivity index (χ2n) is 3.78. The molecule has 0 bridgehead atoms. The summed E-state index contributed by atoms with van der Waals surface area (Å²) in [5, 5.41) is 23.4. The molecule has 8 heteroatoms. The number of aromatic carboxylic acids is 1. The molecule has 0 unspecified atom stereocenters. The van der Waals surface area contributed by atoms with Crippen molar-refractivity contribution in [1.29, 1.82) is 0 Å². The highest BCUT2D eigenvalue weighted by Crippen LogP contribution is 2.27. The Bertz CT molecular complexity index is 681. The van der Waals surface area contributed by atoms with Crippen molar-refractivity contribution in [1.82, 2.24) is 9.78 Å². The Morgan fingerprint density at radius 2 is 2.16 bits per heavy atom. The smallest absolute Gasteiger partial charge is 0.356 e. The lowest BCUT2D eigenvalue weighted by Gasteiger charge is -2.04. The van der Waals surface area contributed by atoms with Crippen LogP contribution in [-0.2, 0) is 0 Å². The van der Waals surface area contributed by atoms with Gasteiger partial charge in [0.2, 0.25) is 0 Å². The van der Waals surface area contributed by atoms with Crippen LogP contribution in [-0.4, -0.2) is 25.8 Å². The molecule has 1 N–H and O–H groups in total. The van der Waals surface area contributed by atoms with Crippen molar-refractivity contribution in [2.24, 2.45) is 0 Å². The zero-order chi connectivity index (χ0) is 14.2. The summed E-state index contributed by atoms with van der Waals surface area (Å²) in [6, 6.07) is 5.47. The van der Waals surface area contributed by atoms with Gasteiger partial charge in [-0.15, -0.1) is 0 Å². The van der Waals surface area contributed by atoms with E-state index in [4.69, 9.17) is 16.7 Å². The number of benzene rings is 1. The summed E-state index contributed by atoms with van der Waals surface area (Å²) in [6.07, 6.45) is 0. The number of rotatable bonds is 3. The number of nitrogens with zero attached hydrogens (tertiary/aromatic N) is 3. The molecular formula is C11H8ClN3O4. The summed E-state index contributed by atoms with van der Waals surface area (Å²) >= 11 is 5.80. The molecule has 0 atom stereocenters. The van der Waals surface area contributed by atoms with Gasteiger partial charge in [0.15, 0.2) is 5.69 Å². The number of aryl methyl sites for hydroxylation is 1. The molecule has 0 aliphatic heterocycles. The Hall–Kier alpha value is -2.41. The van der Waals surface area contributed by atoms with Gasteiger partial charge < -0.3 is 5.11 Å². The molecule has 0 aliphatic carbocycles. The van der Waals surface area contributed by atoms with E-state index in [1.54, 1.807) is 6.92 Å². The van der Waals surface area contributed by atoms with Gasteiger partial charge in [0.05, 0.1) is 10.6 Å². The van der Waals surface area contributed by atoms with E-state index >= 15 is 0 Å². The van der Waals surface area contributed by atoms with Gasteiger partial charge in [-0.1, -0.05) is 11.6 Å². The fourth-order valence-electron chi connectivity index (χ4n) is 1.62. The van der Waals surface area contributed by atoms with Crippen LogP contribution in [0.15, 0.2) is 24.3 Å². The molecule has 1 aromatic heterocycles. The number of nitro groups is 1. The Morgan fingerprint density at radius 3 is 2.63 bits per heavy atom. The zero-order valence-electron chi connectivity index (χ0n) is 9.70. The monoisotopic (exact) mass is 281 g/mol. The predicted octanol–water partition coefficient (Wildman–Crippen LogP) is 2.44. The maximum Gasteiger partial charge on any atom is 0.356 e. The number of aromatic nitrogens is 2. The highest BCUT2D eigenvalue weighted by Gasteiger charge is 2.16. The third-order valence-corrected chi connectivity index (χ3v) is 2.78. The van der Waals surface area contributed by atoms with Crippen LogP contribution >= 0.6 is 11.6 Å². The molecule has 98 valence electrons. The summed E-state index contributed by atoms with van der Waals surface area (Å²) in [6.45, 7) is 1.68. The Morgan fingerprint density at radius 1 is 1.47 bits per heavy atom. The molecular weight excluding hydrogens is 274 g/mol.